The van der Waals surface area contributed by atoms with Gasteiger partial charge < -0.3 is 20.9 Å². The second-order valence-corrected chi connectivity index (χ2v) is 5.69. The van der Waals surface area contributed by atoms with Gasteiger partial charge in [0.2, 0.25) is 5.91 Å². The van der Waals surface area contributed by atoms with Gasteiger partial charge in [-0.05, 0) is 19.1 Å². The Hall–Kier alpha value is -1.01. The van der Waals surface area contributed by atoms with Crippen LogP contribution in [-0.4, -0.2) is 36.3 Å². The van der Waals surface area contributed by atoms with Crippen molar-refractivity contribution in [3.05, 3.63) is 28.2 Å². The highest BCUT2D eigenvalue weighted by Gasteiger charge is 2.18. The number of amides is 1. The molecular formula is C14H20Cl2N2O3. The third-order valence-electron chi connectivity index (χ3n) is 3.06. The maximum atomic E-state index is 11.7. The number of carbonyl (C=O) groups excluding carboxylic acids is 1. The first-order valence-corrected chi connectivity index (χ1v) is 7.36. The average molecular weight is 335 g/mol. The van der Waals surface area contributed by atoms with Gasteiger partial charge in [-0.15, -0.1) is 0 Å². The van der Waals surface area contributed by atoms with Crippen LogP contribution < -0.4 is 15.8 Å². The second-order valence-electron chi connectivity index (χ2n) is 4.91. The average Bonchev–Trinajstić information content (AvgIpc) is 2.45. The van der Waals surface area contributed by atoms with E-state index < -0.39 is 6.10 Å². The molecular weight excluding hydrogens is 315 g/mol. The highest BCUT2D eigenvalue weighted by Crippen LogP contribution is 2.31. The fraction of sp³-hybridized carbons (Fsp3) is 0.500. The van der Waals surface area contributed by atoms with Crippen LogP contribution in [0.4, 0.5) is 0 Å². The summed E-state index contributed by atoms with van der Waals surface area (Å²) in [7, 11) is 0. The molecule has 0 radical (unpaired) electrons. The van der Waals surface area contributed by atoms with E-state index in [1.807, 2.05) is 0 Å². The highest BCUT2D eigenvalue weighted by molar-refractivity contribution is 6.42. The molecule has 0 aliphatic heterocycles. The van der Waals surface area contributed by atoms with E-state index in [9.17, 15) is 9.90 Å². The molecule has 0 fully saturated rings. The van der Waals surface area contributed by atoms with Crippen LogP contribution in [0.5, 0.6) is 5.75 Å². The minimum absolute atomic E-state index is 0.00704. The Morgan fingerprint density at radius 2 is 2.10 bits per heavy atom. The lowest BCUT2D eigenvalue weighted by molar-refractivity contribution is -0.125. The summed E-state index contributed by atoms with van der Waals surface area (Å²) in [5.74, 6) is -0.135. The number of ether oxygens (including phenoxy) is 1. The molecule has 5 nitrogen and oxygen atoms in total. The zero-order valence-electron chi connectivity index (χ0n) is 12.0. The molecule has 0 aliphatic carbocycles. The Bertz CT molecular complexity index is 483. The number of aliphatic hydroxyl groups is 1. The van der Waals surface area contributed by atoms with Gasteiger partial charge in [-0.1, -0.05) is 36.2 Å². The fourth-order valence-corrected chi connectivity index (χ4v) is 1.80. The molecule has 1 aromatic carbocycles. The van der Waals surface area contributed by atoms with E-state index in [2.05, 4.69) is 5.32 Å². The largest absolute Gasteiger partial charge is 0.489 e. The Morgan fingerprint density at radius 1 is 1.43 bits per heavy atom. The zero-order chi connectivity index (χ0) is 16.0. The SMILES string of the molecule is CC(N)C(C)C(=O)NCC(O)COc1cccc(Cl)c1Cl. The minimum atomic E-state index is -0.857. The summed E-state index contributed by atoms with van der Waals surface area (Å²) in [6.07, 6.45) is -0.857. The van der Waals surface area contributed by atoms with E-state index in [-0.39, 0.29) is 31.0 Å². The van der Waals surface area contributed by atoms with Crippen LogP contribution >= 0.6 is 23.2 Å². The lowest BCUT2D eigenvalue weighted by Crippen LogP contribution is -2.42. The Balaban J connectivity index is 2.39. The molecule has 7 heteroatoms. The summed E-state index contributed by atoms with van der Waals surface area (Å²) in [6, 6.07) is 4.74. The highest BCUT2D eigenvalue weighted by atomic mass is 35.5. The Morgan fingerprint density at radius 3 is 2.71 bits per heavy atom. The van der Waals surface area contributed by atoms with E-state index >= 15 is 0 Å². The van der Waals surface area contributed by atoms with Crippen molar-refractivity contribution in [3.63, 3.8) is 0 Å². The van der Waals surface area contributed by atoms with Gasteiger partial charge in [-0.2, -0.15) is 0 Å². The van der Waals surface area contributed by atoms with Crippen molar-refractivity contribution < 1.29 is 14.6 Å². The third-order valence-corrected chi connectivity index (χ3v) is 3.86. The van der Waals surface area contributed by atoms with Gasteiger partial charge in [0.05, 0.1) is 5.02 Å². The maximum Gasteiger partial charge on any atom is 0.224 e. The third kappa shape index (κ3) is 5.71. The topological polar surface area (TPSA) is 84.6 Å². The van der Waals surface area contributed by atoms with E-state index in [1.54, 1.807) is 32.0 Å². The van der Waals surface area contributed by atoms with Crippen molar-refractivity contribution in [2.75, 3.05) is 13.2 Å². The van der Waals surface area contributed by atoms with Crippen molar-refractivity contribution in [3.8, 4) is 5.75 Å². The van der Waals surface area contributed by atoms with Gasteiger partial charge in [0.1, 0.15) is 23.5 Å². The summed E-state index contributed by atoms with van der Waals surface area (Å²) in [4.78, 5) is 11.7. The first kappa shape index (κ1) is 18.0. The van der Waals surface area contributed by atoms with E-state index in [1.165, 1.54) is 0 Å². The molecule has 0 heterocycles. The number of carbonyl (C=O) groups is 1. The van der Waals surface area contributed by atoms with Crippen molar-refractivity contribution in [1.82, 2.24) is 5.32 Å². The summed E-state index contributed by atoms with van der Waals surface area (Å²) in [6.45, 7) is 3.56. The normalized spacial score (nSPS) is 15.1. The predicted molar refractivity (Wildman–Crippen MR) is 83.8 cm³/mol. The number of hydrogen-bond donors (Lipinski definition) is 3. The second kappa shape index (κ2) is 8.44. The quantitative estimate of drug-likeness (QED) is 0.710. The van der Waals surface area contributed by atoms with Gasteiger partial charge in [-0.3, -0.25) is 4.79 Å². The number of benzene rings is 1. The molecule has 1 amide bonds. The number of rotatable bonds is 7. The number of nitrogens with one attached hydrogen (secondary N) is 1. The summed E-state index contributed by atoms with van der Waals surface area (Å²) < 4.78 is 5.38. The van der Waals surface area contributed by atoms with E-state index in [0.717, 1.165) is 0 Å². The molecule has 118 valence electrons. The lowest BCUT2D eigenvalue weighted by Gasteiger charge is -2.18. The first-order chi connectivity index (χ1) is 9.82. The van der Waals surface area contributed by atoms with E-state index in [0.29, 0.717) is 15.8 Å². The number of halogens is 2. The molecule has 0 aromatic heterocycles. The molecule has 0 saturated heterocycles. The number of aliphatic hydroxyl groups excluding tert-OH is 1. The number of nitrogens with two attached hydrogens (primary N) is 1. The molecule has 1 rings (SSSR count). The van der Waals surface area contributed by atoms with Gasteiger partial charge in [-0.25, -0.2) is 0 Å². The van der Waals surface area contributed by atoms with Crippen molar-refractivity contribution in [2.45, 2.75) is 26.0 Å². The van der Waals surface area contributed by atoms with Crippen molar-refractivity contribution in [2.24, 2.45) is 11.7 Å². The smallest absolute Gasteiger partial charge is 0.224 e. The molecule has 0 aliphatic rings. The van der Waals surface area contributed by atoms with Gasteiger partial charge in [0, 0.05) is 18.5 Å². The fourth-order valence-electron chi connectivity index (χ4n) is 1.46. The maximum absolute atomic E-state index is 11.7. The van der Waals surface area contributed by atoms with E-state index in [4.69, 9.17) is 33.7 Å². The Kier molecular flexibility index (Phi) is 7.25. The summed E-state index contributed by atoms with van der Waals surface area (Å²) in [5, 5.41) is 13.1. The van der Waals surface area contributed by atoms with Gasteiger partial charge in [0.15, 0.2) is 0 Å². The molecule has 3 unspecified atom stereocenters. The monoisotopic (exact) mass is 334 g/mol. The van der Waals surface area contributed by atoms with Crippen LogP contribution in [0.25, 0.3) is 0 Å². The lowest BCUT2D eigenvalue weighted by atomic mass is 10.0. The Labute approximate surface area is 134 Å². The molecule has 0 saturated carbocycles. The molecule has 21 heavy (non-hydrogen) atoms. The van der Waals surface area contributed by atoms with Crippen LogP contribution in [-0.2, 0) is 4.79 Å². The number of hydrogen-bond acceptors (Lipinski definition) is 4. The molecule has 3 atom stereocenters. The molecule has 0 spiro atoms. The van der Waals surface area contributed by atoms with Gasteiger partial charge in [0.25, 0.3) is 0 Å². The van der Waals surface area contributed by atoms with Crippen molar-refractivity contribution >= 4 is 29.1 Å². The molecule has 0 bridgehead atoms. The van der Waals surface area contributed by atoms with Crippen LogP contribution in [0.1, 0.15) is 13.8 Å². The molecule has 4 N–H and O–H groups in total. The van der Waals surface area contributed by atoms with Crippen LogP contribution in [0.15, 0.2) is 18.2 Å². The van der Waals surface area contributed by atoms with Crippen molar-refractivity contribution in [1.29, 1.82) is 0 Å². The minimum Gasteiger partial charge on any atom is -0.489 e. The summed E-state index contributed by atoms with van der Waals surface area (Å²) >= 11 is 11.8. The van der Waals surface area contributed by atoms with Crippen LogP contribution in [0.2, 0.25) is 10.0 Å². The van der Waals surface area contributed by atoms with Crippen LogP contribution in [0.3, 0.4) is 0 Å². The van der Waals surface area contributed by atoms with Gasteiger partial charge >= 0.3 is 0 Å². The first-order valence-electron chi connectivity index (χ1n) is 6.61. The molecule has 1 aromatic rings. The van der Waals surface area contributed by atoms with Crippen LogP contribution in [0, 0.1) is 5.92 Å². The summed E-state index contributed by atoms with van der Waals surface area (Å²) in [5.41, 5.74) is 5.63. The standard InChI is InChI=1S/C14H20Cl2N2O3/c1-8(9(2)17)14(20)18-6-10(19)7-21-12-5-3-4-11(15)13(12)16/h3-5,8-10,19H,6-7,17H2,1-2H3,(H,18,20). The zero-order valence-corrected chi connectivity index (χ0v) is 13.5. The predicted octanol–water partition coefficient (Wildman–Crippen LogP) is 1.83.